The lowest BCUT2D eigenvalue weighted by Gasteiger charge is -2.30. The Morgan fingerprint density at radius 1 is 1.19 bits per heavy atom. The van der Waals surface area contributed by atoms with Crippen LogP contribution in [0.5, 0.6) is 5.75 Å². The highest BCUT2D eigenvalue weighted by Crippen LogP contribution is 2.48. The van der Waals surface area contributed by atoms with Crippen LogP contribution in [0.4, 0.5) is 11.4 Å². The Bertz CT molecular complexity index is 833. The molecule has 1 amide bonds. The molecular formula is C22H26N2O2S. The van der Waals surface area contributed by atoms with Crippen molar-refractivity contribution in [1.82, 2.24) is 0 Å². The SMILES string of the molecule is COc1cccc([C@H]2C[C@@H]2C(=O)Nc2ccc(N3CCSCC3)c(C)c2)c1. The number of anilines is 2. The molecule has 2 aromatic carbocycles. The van der Waals surface area contributed by atoms with Crippen LogP contribution in [0.2, 0.25) is 0 Å². The van der Waals surface area contributed by atoms with E-state index in [0.717, 1.165) is 30.9 Å². The van der Waals surface area contributed by atoms with Crippen LogP contribution in [-0.4, -0.2) is 37.6 Å². The van der Waals surface area contributed by atoms with Gasteiger partial charge in [-0.3, -0.25) is 4.79 Å². The fourth-order valence-corrected chi connectivity index (χ4v) is 4.76. The minimum Gasteiger partial charge on any atom is -0.497 e. The third-order valence-corrected chi connectivity index (χ3v) is 6.41. The van der Waals surface area contributed by atoms with E-state index >= 15 is 0 Å². The van der Waals surface area contributed by atoms with Gasteiger partial charge in [0.2, 0.25) is 5.91 Å². The second kappa shape index (κ2) is 7.85. The molecule has 0 spiro atoms. The topological polar surface area (TPSA) is 41.6 Å². The predicted octanol–water partition coefficient (Wildman–Crippen LogP) is 4.30. The number of rotatable bonds is 5. The molecule has 1 aliphatic heterocycles. The van der Waals surface area contributed by atoms with Gasteiger partial charge in [-0.05, 0) is 60.7 Å². The average molecular weight is 383 g/mol. The van der Waals surface area contributed by atoms with Crippen molar-refractivity contribution in [2.45, 2.75) is 19.3 Å². The number of thioether (sulfide) groups is 1. The summed E-state index contributed by atoms with van der Waals surface area (Å²) in [7, 11) is 1.67. The van der Waals surface area contributed by atoms with Crippen molar-refractivity contribution >= 4 is 29.0 Å². The van der Waals surface area contributed by atoms with E-state index in [2.05, 4.69) is 35.3 Å². The Hall–Kier alpha value is -2.14. The molecule has 5 heteroatoms. The zero-order valence-electron chi connectivity index (χ0n) is 15.9. The van der Waals surface area contributed by atoms with E-state index in [1.165, 1.54) is 28.3 Å². The van der Waals surface area contributed by atoms with Crippen LogP contribution in [0.1, 0.15) is 23.5 Å². The number of methoxy groups -OCH3 is 1. The van der Waals surface area contributed by atoms with Gasteiger partial charge < -0.3 is 15.0 Å². The summed E-state index contributed by atoms with van der Waals surface area (Å²) in [6, 6.07) is 14.3. The minimum atomic E-state index is 0.0520. The fourth-order valence-electron chi connectivity index (χ4n) is 3.85. The largest absolute Gasteiger partial charge is 0.497 e. The smallest absolute Gasteiger partial charge is 0.228 e. The fraction of sp³-hybridized carbons (Fsp3) is 0.409. The quantitative estimate of drug-likeness (QED) is 0.837. The monoisotopic (exact) mass is 382 g/mol. The second-order valence-corrected chi connectivity index (χ2v) is 8.54. The van der Waals surface area contributed by atoms with Crippen LogP contribution in [0.15, 0.2) is 42.5 Å². The molecule has 0 bridgehead atoms. The minimum absolute atomic E-state index is 0.0520. The number of amides is 1. The maximum Gasteiger partial charge on any atom is 0.228 e. The van der Waals surface area contributed by atoms with Gasteiger partial charge in [0, 0.05) is 41.9 Å². The predicted molar refractivity (Wildman–Crippen MR) is 113 cm³/mol. The summed E-state index contributed by atoms with van der Waals surface area (Å²) in [6.45, 7) is 4.33. The molecule has 2 fully saturated rings. The van der Waals surface area contributed by atoms with Crippen molar-refractivity contribution in [1.29, 1.82) is 0 Å². The maximum absolute atomic E-state index is 12.7. The lowest BCUT2D eigenvalue weighted by atomic mass is 10.1. The van der Waals surface area contributed by atoms with Gasteiger partial charge in [-0.25, -0.2) is 0 Å². The van der Waals surface area contributed by atoms with Crippen molar-refractivity contribution in [2.75, 3.05) is 41.9 Å². The van der Waals surface area contributed by atoms with E-state index in [1.54, 1.807) is 7.11 Å². The van der Waals surface area contributed by atoms with E-state index in [1.807, 2.05) is 36.0 Å². The number of carbonyl (C=O) groups excluding carboxylic acids is 1. The molecule has 1 saturated carbocycles. The summed E-state index contributed by atoms with van der Waals surface area (Å²) in [5, 5.41) is 3.11. The van der Waals surface area contributed by atoms with Crippen molar-refractivity contribution in [3.63, 3.8) is 0 Å². The molecule has 2 aliphatic rings. The number of nitrogens with one attached hydrogen (secondary N) is 1. The highest BCUT2D eigenvalue weighted by Gasteiger charge is 2.44. The molecule has 1 N–H and O–H groups in total. The Labute approximate surface area is 165 Å². The molecule has 0 aromatic heterocycles. The number of hydrogen-bond donors (Lipinski definition) is 1. The van der Waals surface area contributed by atoms with Crippen LogP contribution in [0, 0.1) is 12.8 Å². The first-order valence-electron chi connectivity index (χ1n) is 9.54. The molecule has 4 nitrogen and oxygen atoms in total. The number of ether oxygens (including phenoxy) is 1. The molecule has 2 atom stereocenters. The highest BCUT2D eigenvalue weighted by molar-refractivity contribution is 7.99. The summed E-state index contributed by atoms with van der Waals surface area (Å²) in [5.41, 5.74) is 4.58. The third kappa shape index (κ3) is 4.08. The van der Waals surface area contributed by atoms with Gasteiger partial charge in [0.1, 0.15) is 5.75 Å². The Morgan fingerprint density at radius 2 is 2.00 bits per heavy atom. The molecule has 1 heterocycles. The summed E-state index contributed by atoms with van der Waals surface area (Å²) >= 11 is 2.01. The normalized spacial score (nSPS) is 21.6. The van der Waals surface area contributed by atoms with E-state index in [9.17, 15) is 4.79 Å². The van der Waals surface area contributed by atoms with Crippen molar-refractivity contribution < 1.29 is 9.53 Å². The lowest BCUT2D eigenvalue weighted by molar-refractivity contribution is -0.117. The first-order valence-corrected chi connectivity index (χ1v) is 10.7. The number of hydrogen-bond acceptors (Lipinski definition) is 4. The van der Waals surface area contributed by atoms with Gasteiger partial charge in [0.05, 0.1) is 7.11 Å². The van der Waals surface area contributed by atoms with Crippen molar-refractivity contribution in [3.05, 3.63) is 53.6 Å². The number of carbonyl (C=O) groups is 1. The summed E-state index contributed by atoms with van der Waals surface area (Å²) in [5.74, 6) is 3.68. The van der Waals surface area contributed by atoms with E-state index in [4.69, 9.17) is 4.74 Å². The molecule has 4 rings (SSSR count). The molecule has 0 radical (unpaired) electrons. The van der Waals surface area contributed by atoms with E-state index < -0.39 is 0 Å². The Kier molecular flexibility index (Phi) is 5.30. The number of aryl methyl sites for hydroxylation is 1. The first-order chi connectivity index (χ1) is 13.2. The molecule has 27 heavy (non-hydrogen) atoms. The van der Waals surface area contributed by atoms with E-state index in [-0.39, 0.29) is 11.8 Å². The van der Waals surface area contributed by atoms with Crippen LogP contribution in [0.3, 0.4) is 0 Å². The summed E-state index contributed by atoms with van der Waals surface area (Å²) in [6.07, 6.45) is 0.904. The van der Waals surface area contributed by atoms with Gasteiger partial charge in [0.15, 0.2) is 0 Å². The average Bonchev–Trinajstić information content (AvgIpc) is 3.50. The molecular weight excluding hydrogens is 356 g/mol. The maximum atomic E-state index is 12.7. The van der Waals surface area contributed by atoms with Gasteiger partial charge in [-0.1, -0.05) is 12.1 Å². The molecule has 0 unspecified atom stereocenters. The van der Waals surface area contributed by atoms with Crippen LogP contribution < -0.4 is 15.0 Å². The first kappa shape index (κ1) is 18.2. The number of nitrogens with zero attached hydrogens (tertiary/aromatic N) is 1. The third-order valence-electron chi connectivity index (χ3n) is 5.47. The molecule has 2 aromatic rings. The van der Waals surface area contributed by atoms with Gasteiger partial charge in [-0.15, -0.1) is 0 Å². The van der Waals surface area contributed by atoms with Crippen molar-refractivity contribution in [3.8, 4) is 5.75 Å². The zero-order valence-corrected chi connectivity index (χ0v) is 16.7. The van der Waals surface area contributed by atoms with Gasteiger partial charge in [0.25, 0.3) is 0 Å². The highest BCUT2D eigenvalue weighted by atomic mass is 32.2. The standard InChI is InChI=1S/C22H26N2O2S/c1-15-12-17(6-7-21(15)24-8-10-27-11-9-24)23-22(25)20-14-19(20)16-4-3-5-18(13-16)26-2/h3-7,12-13,19-20H,8-11,14H2,1-2H3,(H,23,25)/t19-,20+/m1/s1. The summed E-state index contributed by atoms with van der Waals surface area (Å²) in [4.78, 5) is 15.1. The summed E-state index contributed by atoms with van der Waals surface area (Å²) < 4.78 is 5.29. The second-order valence-electron chi connectivity index (χ2n) is 7.32. The molecule has 1 saturated heterocycles. The van der Waals surface area contributed by atoms with Crippen LogP contribution >= 0.6 is 11.8 Å². The lowest BCUT2D eigenvalue weighted by Crippen LogP contribution is -2.32. The number of benzene rings is 2. The van der Waals surface area contributed by atoms with Crippen molar-refractivity contribution in [2.24, 2.45) is 5.92 Å². The Morgan fingerprint density at radius 3 is 2.74 bits per heavy atom. The Balaban J connectivity index is 1.39. The van der Waals surface area contributed by atoms with Gasteiger partial charge in [-0.2, -0.15) is 11.8 Å². The van der Waals surface area contributed by atoms with Gasteiger partial charge >= 0.3 is 0 Å². The molecule has 142 valence electrons. The van der Waals surface area contributed by atoms with E-state index in [0.29, 0.717) is 5.92 Å². The van der Waals surface area contributed by atoms with Crippen LogP contribution in [0.25, 0.3) is 0 Å². The zero-order chi connectivity index (χ0) is 18.8. The molecule has 1 aliphatic carbocycles. The van der Waals surface area contributed by atoms with Crippen LogP contribution in [-0.2, 0) is 4.79 Å².